The van der Waals surface area contributed by atoms with Crippen molar-refractivity contribution in [1.82, 2.24) is 20.0 Å². The van der Waals surface area contributed by atoms with Crippen LogP contribution in [0.15, 0.2) is 41.0 Å². The molecule has 0 spiro atoms. The van der Waals surface area contributed by atoms with Gasteiger partial charge in [0, 0.05) is 19.2 Å². The van der Waals surface area contributed by atoms with Crippen LogP contribution in [0.1, 0.15) is 18.6 Å². The summed E-state index contributed by atoms with van der Waals surface area (Å²) >= 11 is 1.61. The first-order chi connectivity index (χ1) is 12.8. The van der Waals surface area contributed by atoms with Crippen LogP contribution in [-0.4, -0.2) is 45.8 Å². The maximum atomic E-state index is 6.14. The molecule has 4 heterocycles. The van der Waals surface area contributed by atoms with Crippen molar-refractivity contribution in [3.63, 3.8) is 0 Å². The normalized spacial score (nSPS) is 16.0. The third-order valence-electron chi connectivity index (χ3n) is 4.29. The van der Waals surface area contributed by atoms with Gasteiger partial charge in [-0.1, -0.05) is 12.7 Å². The predicted molar refractivity (Wildman–Crippen MR) is 98.5 cm³/mol. The van der Waals surface area contributed by atoms with Gasteiger partial charge in [-0.15, -0.1) is 11.3 Å². The summed E-state index contributed by atoms with van der Waals surface area (Å²) in [7, 11) is 0. The van der Waals surface area contributed by atoms with Crippen LogP contribution in [-0.2, 0) is 6.54 Å². The fourth-order valence-electron chi connectivity index (χ4n) is 2.99. The molecule has 0 aromatic carbocycles. The third kappa shape index (κ3) is 3.86. The van der Waals surface area contributed by atoms with Gasteiger partial charge in [0.2, 0.25) is 5.88 Å². The van der Waals surface area contributed by atoms with Crippen molar-refractivity contribution in [2.45, 2.75) is 25.5 Å². The van der Waals surface area contributed by atoms with Gasteiger partial charge in [0.25, 0.3) is 5.88 Å². The predicted octanol–water partition coefficient (Wildman–Crippen LogP) is 3.29. The van der Waals surface area contributed by atoms with Crippen LogP contribution in [0, 0.1) is 0 Å². The smallest absolute Gasteiger partial charge is 0.254 e. The van der Waals surface area contributed by atoms with Crippen molar-refractivity contribution in [2.75, 3.05) is 19.7 Å². The summed E-state index contributed by atoms with van der Waals surface area (Å²) < 4.78 is 17.9. The van der Waals surface area contributed by atoms with Crippen LogP contribution >= 0.6 is 11.3 Å². The molecule has 7 nitrogen and oxygen atoms in total. The van der Waals surface area contributed by atoms with E-state index in [1.165, 1.54) is 0 Å². The van der Waals surface area contributed by atoms with Crippen molar-refractivity contribution in [2.24, 2.45) is 0 Å². The molecule has 0 radical (unpaired) electrons. The molecule has 3 aromatic heterocycles. The highest BCUT2D eigenvalue weighted by Crippen LogP contribution is 2.29. The molecular formula is C18H20N4O3S. The highest BCUT2D eigenvalue weighted by Gasteiger charge is 2.23. The lowest BCUT2D eigenvalue weighted by Gasteiger charge is -2.31. The molecule has 0 aliphatic carbocycles. The van der Waals surface area contributed by atoms with Crippen LogP contribution in [0.3, 0.4) is 0 Å². The number of nitrogens with zero attached hydrogens (tertiary/aromatic N) is 4. The summed E-state index contributed by atoms with van der Waals surface area (Å²) in [5.41, 5.74) is 0.942. The second-order valence-electron chi connectivity index (χ2n) is 6.14. The molecular weight excluding hydrogens is 352 g/mol. The van der Waals surface area contributed by atoms with Gasteiger partial charge in [-0.05, 0) is 29.4 Å². The van der Waals surface area contributed by atoms with Crippen molar-refractivity contribution in [3.05, 3.63) is 42.3 Å². The molecule has 0 amide bonds. The quantitative estimate of drug-likeness (QED) is 0.589. The summed E-state index contributed by atoms with van der Waals surface area (Å²) in [6.45, 7) is 6.64. The standard InChI is InChI=1S/C18H20N4O3S/c1-2-8-23-16-10-14(25-21-16)11-22-6-3-13(4-7-22)24-18-17-15(5-9-26-17)19-12-20-18/h2,5,9-10,12-13H,1,3-4,6-8,11H2. The van der Waals surface area contributed by atoms with E-state index in [0.29, 0.717) is 18.4 Å². The molecule has 136 valence electrons. The zero-order valence-corrected chi connectivity index (χ0v) is 15.2. The number of thiophene rings is 1. The zero-order chi connectivity index (χ0) is 17.8. The van der Waals surface area contributed by atoms with Gasteiger partial charge in [-0.3, -0.25) is 4.90 Å². The first-order valence-electron chi connectivity index (χ1n) is 8.58. The second kappa shape index (κ2) is 7.84. The fraction of sp³-hybridized carbons (Fsp3) is 0.389. The van der Waals surface area contributed by atoms with Crippen LogP contribution < -0.4 is 9.47 Å². The molecule has 0 saturated carbocycles. The average Bonchev–Trinajstić information content (AvgIpc) is 3.31. The van der Waals surface area contributed by atoms with Gasteiger partial charge in [0.15, 0.2) is 5.76 Å². The number of hydrogen-bond donors (Lipinski definition) is 0. The SMILES string of the molecule is C=CCOc1cc(CN2CCC(Oc3ncnc4ccsc34)CC2)on1. The van der Waals surface area contributed by atoms with Gasteiger partial charge >= 0.3 is 0 Å². The largest absolute Gasteiger partial charge is 0.473 e. The molecule has 4 rings (SSSR count). The summed E-state index contributed by atoms with van der Waals surface area (Å²) in [6.07, 6.45) is 5.32. The minimum absolute atomic E-state index is 0.174. The Morgan fingerprint density at radius 2 is 2.23 bits per heavy atom. The summed E-state index contributed by atoms with van der Waals surface area (Å²) in [5.74, 6) is 2.00. The molecule has 8 heteroatoms. The average molecular weight is 372 g/mol. The Bertz CT molecular complexity index is 870. The minimum atomic E-state index is 0.174. The molecule has 26 heavy (non-hydrogen) atoms. The van der Waals surface area contributed by atoms with E-state index in [-0.39, 0.29) is 6.10 Å². The van der Waals surface area contributed by atoms with Gasteiger partial charge < -0.3 is 14.0 Å². The highest BCUT2D eigenvalue weighted by molar-refractivity contribution is 7.17. The Balaban J connectivity index is 1.29. The van der Waals surface area contributed by atoms with E-state index in [0.717, 1.165) is 48.5 Å². The second-order valence-corrected chi connectivity index (χ2v) is 7.05. The molecule has 0 N–H and O–H groups in total. The van der Waals surface area contributed by atoms with Crippen LogP contribution in [0.4, 0.5) is 0 Å². The minimum Gasteiger partial charge on any atom is -0.473 e. The van der Waals surface area contributed by atoms with Crippen LogP contribution in [0.2, 0.25) is 0 Å². The summed E-state index contributed by atoms with van der Waals surface area (Å²) in [6, 6.07) is 3.82. The number of hydrogen-bond acceptors (Lipinski definition) is 8. The molecule has 0 unspecified atom stereocenters. The molecule has 3 aromatic rings. The van der Waals surface area contributed by atoms with Crippen molar-refractivity contribution in [1.29, 1.82) is 0 Å². The molecule has 1 fully saturated rings. The Hall–Kier alpha value is -2.45. The highest BCUT2D eigenvalue weighted by atomic mass is 32.1. The zero-order valence-electron chi connectivity index (χ0n) is 14.3. The van der Waals surface area contributed by atoms with Crippen molar-refractivity contribution >= 4 is 21.6 Å². The van der Waals surface area contributed by atoms with Crippen molar-refractivity contribution < 1.29 is 14.0 Å². The third-order valence-corrected chi connectivity index (χ3v) is 5.18. The topological polar surface area (TPSA) is 73.5 Å². The Morgan fingerprint density at radius 3 is 3.08 bits per heavy atom. The monoisotopic (exact) mass is 372 g/mol. The molecule has 1 aliphatic heterocycles. The van der Waals surface area contributed by atoms with E-state index in [1.54, 1.807) is 23.7 Å². The Morgan fingerprint density at radius 1 is 1.35 bits per heavy atom. The van der Waals surface area contributed by atoms with Crippen LogP contribution in [0.5, 0.6) is 11.8 Å². The van der Waals surface area contributed by atoms with Crippen LogP contribution in [0.25, 0.3) is 10.2 Å². The van der Waals surface area contributed by atoms with Gasteiger partial charge in [-0.2, -0.15) is 0 Å². The first-order valence-corrected chi connectivity index (χ1v) is 9.46. The molecule has 0 atom stereocenters. The Kier molecular flexibility index (Phi) is 5.12. The number of fused-ring (bicyclic) bond motifs is 1. The van der Waals surface area contributed by atoms with E-state index >= 15 is 0 Å². The van der Waals surface area contributed by atoms with Crippen molar-refractivity contribution in [3.8, 4) is 11.8 Å². The van der Waals surface area contributed by atoms with Gasteiger partial charge in [0.05, 0.1) is 12.1 Å². The number of rotatable bonds is 7. The van der Waals surface area contributed by atoms with E-state index in [4.69, 9.17) is 14.0 Å². The molecule has 0 bridgehead atoms. The summed E-state index contributed by atoms with van der Waals surface area (Å²) in [4.78, 5) is 10.9. The fourth-order valence-corrected chi connectivity index (χ4v) is 3.77. The van der Waals surface area contributed by atoms with E-state index in [1.807, 2.05) is 17.5 Å². The van der Waals surface area contributed by atoms with Gasteiger partial charge in [0.1, 0.15) is 23.7 Å². The maximum absolute atomic E-state index is 6.14. The lowest BCUT2D eigenvalue weighted by molar-refractivity contribution is 0.0894. The first kappa shape index (κ1) is 17.0. The van der Waals surface area contributed by atoms with E-state index in [2.05, 4.69) is 26.6 Å². The van der Waals surface area contributed by atoms with Gasteiger partial charge in [-0.25, -0.2) is 9.97 Å². The number of aromatic nitrogens is 3. The maximum Gasteiger partial charge on any atom is 0.254 e. The Labute approximate surface area is 155 Å². The lowest BCUT2D eigenvalue weighted by Crippen LogP contribution is -2.37. The van der Waals surface area contributed by atoms with E-state index < -0.39 is 0 Å². The molecule has 1 saturated heterocycles. The lowest BCUT2D eigenvalue weighted by atomic mass is 10.1. The number of piperidine rings is 1. The number of likely N-dealkylation sites (tertiary alicyclic amines) is 1. The molecule has 1 aliphatic rings. The van der Waals surface area contributed by atoms with E-state index in [9.17, 15) is 0 Å². The summed E-state index contributed by atoms with van der Waals surface area (Å²) in [5, 5.41) is 5.92. The number of ether oxygens (including phenoxy) is 2.